The standard InChI is InChI=1S/C24H28F6N6O/c25-23(26,27)15-35-11-6-16-4-5-18(13-17(16)7-12-35)33-22-32-14-19(24(28,29)30)21(34-22)31-8-2-10-36-9-1-3-20(36)37/h4-5,13-14H,1-3,6-12,15H2,(H2,31,32,33,34). The summed E-state index contributed by atoms with van der Waals surface area (Å²) < 4.78 is 78.8. The third-order valence-corrected chi connectivity index (χ3v) is 6.42. The molecule has 3 heterocycles. The summed E-state index contributed by atoms with van der Waals surface area (Å²) in [5.74, 6) is -0.355. The van der Waals surface area contributed by atoms with E-state index in [0.29, 0.717) is 57.2 Å². The van der Waals surface area contributed by atoms with Crippen LogP contribution in [-0.2, 0) is 23.8 Å². The largest absolute Gasteiger partial charge is 0.421 e. The second-order valence-electron chi connectivity index (χ2n) is 9.22. The molecule has 2 aliphatic heterocycles. The Morgan fingerprint density at radius 1 is 0.973 bits per heavy atom. The van der Waals surface area contributed by atoms with E-state index >= 15 is 0 Å². The topological polar surface area (TPSA) is 73.4 Å². The molecule has 4 rings (SSSR count). The van der Waals surface area contributed by atoms with Crippen LogP contribution in [-0.4, -0.2) is 71.1 Å². The lowest BCUT2D eigenvalue weighted by molar-refractivity contribution is -0.145. The fraction of sp³-hybridized carbons (Fsp3) is 0.542. The van der Waals surface area contributed by atoms with E-state index in [2.05, 4.69) is 20.6 Å². The molecule has 1 aromatic heterocycles. The Morgan fingerprint density at radius 3 is 2.41 bits per heavy atom. The molecule has 0 radical (unpaired) electrons. The van der Waals surface area contributed by atoms with Crippen molar-refractivity contribution in [3.63, 3.8) is 0 Å². The van der Waals surface area contributed by atoms with E-state index in [1.54, 1.807) is 23.1 Å². The maximum absolute atomic E-state index is 13.5. The van der Waals surface area contributed by atoms with Gasteiger partial charge in [0.05, 0.1) is 6.54 Å². The van der Waals surface area contributed by atoms with E-state index < -0.39 is 24.5 Å². The Hall–Kier alpha value is -3.09. The Labute approximate surface area is 210 Å². The molecule has 2 aliphatic rings. The fourth-order valence-corrected chi connectivity index (χ4v) is 4.59. The molecular formula is C24H28F6N6O. The van der Waals surface area contributed by atoms with Crippen molar-refractivity contribution in [2.24, 2.45) is 0 Å². The minimum atomic E-state index is -4.65. The number of likely N-dealkylation sites (tertiary alicyclic amines) is 1. The van der Waals surface area contributed by atoms with Gasteiger partial charge in [-0.3, -0.25) is 9.69 Å². The number of benzene rings is 1. The summed E-state index contributed by atoms with van der Waals surface area (Å²) in [7, 11) is 0. The molecule has 0 unspecified atom stereocenters. The zero-order valence-electron chi connectivity index (χ0n) is 20.1. The number of hydrogen-bond acceptors (Lipinski definition) is 6. The Kier molecular flexibility index (Phi) is 8.10. The maximum Gasteiger partial charge on any atom is 0.421 e. The van der Waals surface area contributed by atoms with Gasteiger partial charge in [0.15, 0.2) is 0 Å². The minimum absolute atomic E-state index is 0.0440. The van der Waals surface area contributed by atoms with Gasteiger partial charge in [0, 0.05) is 51.0 Å². The first-order chi connectivity index (χ1) is 17.5. The number of aromatic nitrogens is 2. The van der Waals surface area contributed by atoms with Crippen LogP contribution in [0.5, 0.6) is 0 Å². The van der Waals surface area contributed by atoms with E-state index in [1.165, 1.54) is 4.90 Å². The molecule has 37 heavy (non-hydrogen) atoms. The average molecular weight is 531 g/mol. The number of amides is 1. The molecule has 0 saturated carbocycles. The number of fused-ring (bicyclic) bond motifs is 1. The van der Waals surface area contributed by atoms with Crippen LogP contribution in [0.2, 0.25) is 0 Å². The number of nitrogens with one attached hydrogen (secondary N) is 2. The van der Waals surface area contributed by atoms with Gasteiger partial charge in [0.2, 0.25) is 11.9 Å². The van der Waals surface area contributed by atoms with Crippen LogP contribution < -0.4 is 10.6 Å². The molecule has 1 amide bonds. The smallest absolute Gasteiger partial charge is 0.369 e. The molecule has 7 nitrogen and oxygen atoms in total. The summed E-state index contributed by atoms with van der Waals surface area (Å²) in [5.41, 5.74) is 1.34. The number of carbonyl (C=O) groups is 1. The van der Waals surface area contributed by atoms with Gasteiger partial charge in [-0.2, -0.15) is 31.3 Å². The highest BCUT2D eigenvalue weighted by Crippen LogP contribution is 2.34. The fourth-order valence-electron chi connectivity index (χ4n) is 4.59. The highest BCUT2D eigenvalue weighted by Gasteiger charge is 2.35. The Morgan fingerprint density at radius 2 is 1.73 bits per heavy atom. The highest BCUT2D eigenvalue weighted by molar-refractivity contribution is 5.78. The van der Waals surface area contributed by atoms with Crippen LogP contribution in [0.25, 0.3) is 0 Å². The van der Waals surface area contributed by atoms with E-state index in [-0.39, 0.29) is 30.8 Å². The van der Waals surface area contributed by atoms with Gasteiger partial charge in [-0.25, -0.2) is 4.98 Å². The van der Waals surface area contributed by atoms with Crippen molar-refractivity contribution in [2.75, 3.05) is 49.9 Å². The number of nitrogens with zero attached hydrogens (tertiary/aromatic N) is 4. The van der Waals surface area contributed by atoms with Crippen molar-refractivity contribution in [1.82, 2.24) is 19.8 Å². The lowest BCUT2D eigenvalue weighted by atomic mass is 10.0. The van der Waals surface area contributed by atoms with Crippen molar-refractivity contribution in [3.05, 3.63) is 41.1 Å². The van der Waals surface area contributed by atoms with E-state index in [4.69, 9.17) is 0 Å². The van der Waals surface area contributed by atoms with Crippen molar-refractivity contribution in [2.45, 2.75) is 44.5 Å². The third-order valence-electron chi connectivity index (χ3n) is 6.42. The lowest BCUT2D eigenvalue weighted by Gasteiger charge is -2.20. The second-order valence-corrected chi connectivity index (χ2v) is 9.22. The molecule has 0 aliphatic carbocycles. The number of halogens is 6. The first-order valence-electron chi connectivity index (χ1n) is 12.1. The van der Waals surface area contributed by atoms with Crippen molar-refractivity contribution >= 4 is 23.4 Å². The normalized spacial score (nSPS) is 17.0. The molecule has 0 bridgehead atoms. The summed E-state index contributed by atoms with van der Waals surface area (Å²) in [4.78, 5) is 22.6. The first-order valence-corrected chi connectivity index (χ1v) is 12.1. The Bertz CT molecular complexity index is 1110. The van der Waals surface area contributed by atoms with Crippen LogP contribution in [0.4, 0.5) is 43.8 Å². The maximum atomic E-state index is 13.5. The van der Waals surface area contributed by atoms with Crippen LogP contribution >= 0.6 is 0 Å². The average Bonchev–Trinajstić information content (AvgIpc) is 3.12. The number of alkyl halides is 6. The van der Waals surface area contributed by atoms with Crippen molar-refractivity contribution in [1.29, 1.82) is 0 Å². The van der Waals surface area contributed by atoms with Crippen LogP contribution in [0.1, 0.15) is 36.0 Å². The molecule has 1 aromatic carbocycles. The van der Waals surface area contributed by atoms with Gasteiger partial charge in [0.25, 0.3) is 0 Å². The summed E-state index contributed by atoms with van der Waals surface area (Å²) in [6, 6.07) is 5.28. The van der Waals surface area contributed by atoms with Crippen molar-refractivity contribution < 1.29 is 31.1 Å². The van der Waals surface area contributed by atoms with Crippen LogP contribution in [0, 0.1) is 0 Å². The van der Waals surface area contributed by atoms with E-state index in [1.807, 2.05) is 0 Å². The van der Waals surface area contributed by atoms with Gasteiger partial charge in [-0.1, -0.05) is 6.07 Å². The molecule has 1 saturated heterocycles. The predicted molar refractivity (Wildman–Crippen MR) is 126 cm³/mol. The van der Waals surface area contributed by atoms with E-state index in [9.17, 15) is 31.1 Å². The third kappa shape index (κ3) is 7.46. The molecule has 202 valence electrons. The summed E-state index contributed by atoms with van der Waals surface area (Å²) in [6.07, 6.45) is -5.56. The van der Waals surface area contributed by atoms with Crippen LogP contribution in [0.15, 0.2) is 24.4 Å². The summed E-state index contributed by atoms with van der Waals surface area (Å²) in [6.45, 7) is 0.895. The first kappa shape index (κ1) is 27.0. The quantitative estimate of drug-likeness (QED) is 0.383. The molecule has 2 aromatic rings. The van der Waals surface area contributed by atoms with Gasteiger partial charge in [0.1, 0.15) is 11.4 Å². The zero-order valence-corrected chi connectivity index (χ0v) is 20.1. The number of rotatable bonds is 8. The second kappa shape index (κ2) is 11.1. The summed E-state index contributed by atoms with van der Waals surface area (Å²) >= 11 is 0. The number of carbonyl (C=O) groups excluding carboxylic acids is 1. The lowest BCUT2D eigenvalue weighted by Crippen LogP contribution is -2.35. The van der Waals surface area contributed by atoms with E-state index in [0.717, 1.165) is 17.5 Å². The molecule has 0 atom stereocenters. The van der Waals surface area contributed by atoms with Crippen LogP contribution in [0.3, 0.4) is 0 Å². The van der Waals surface area contributed by atoms with Gasteiger partial charge >= 0.3 is 12.4 Å². The summed E-state index contributed by atoms with van der Waals surface area (Å²) in [5, 5.41) is 5.63. The molecular weight excluding hydrogens is 502 g/mol. The molecule has 0 spiro atoms. The highest BCUT2D eigenvalue weighted by atomic mass is 19.4. The number of anilines is 3. The predicted octanol–water partition coefficient (Wildman–Crippen LogP) is 4.63. The minimum Gasteiger partial charge on any atom is -0.369 e. The van der Waals surface area contributed by atoms with Gasteiger partial charge in [-0.15, -0.1) is 0 Å². The monoisotopic (exact) mass is 530 g/mol. The zero-order chi connectivity index (χ0) is 26.6. The molecule has 1 fully saturated rings. The van der Waals surface area contributed by atoms with Crippen molar-refractivity contribution in [3.8, 4) is 0 Å². The molecule has 2 N–H and O–H groups in total. The van der Waals surface area contributed by atoms with Gasteiger partial charge < -0.3 is 15.5 Å². The SMILES string of the molecule is O=C1CCCN1CCCNc1nc(Nc2ccc3c(c2)CCN(CC(F)(F)F)CC3)ncc1C(F)(F)F. The molecule has 13 heteroatoms. The number of hydrogen-bond donors (Lipinski definition) is 2. The van der Waals surface area contributed by atoms with Gasteiger partial charge in [-0.05, 0) is 48.9 Å². The Balaban J connectivity index is 1.42.